The Kier molecular flexibility index (Phi) is 4.56. The van der Waals surface area contributed by atoms with E-state index in [1.54, 1.807) is 4.90 Å². The van der Waals surface area contributed by atoms with Crippen molar-refractivity contribution < 1.29 is 18.8 Å². The van der Waals surface area contributed by atoms with Crippen molar-refractivity contribution in [2.75, 3.05) is 25.5 Å². The number of nitrogens with zero attached hydrogens (tertiary/aromatic N) is 2. The summed E-state index contributed by atoms with van der Waals surface area (Å²) in [6.45, 7) is 0.987. The average molecular weight is 297 g/mol. The smallest absolute Gasteiger partial charge is 0.409 e. The van der Waals surface area contributed by atoms with E-state index in [9.17, 15) is 19.3 Å². The Labute approximate surface area is 120 Å². The van der Waals surface area contributed by atoms with Gasteiger partial charge in [-0.1, -0.05) is 6.07 Å². The van der Waals surface area contributed by atoms with Gasteiger partial charge in [0.05, 0.1) is 12.0 Å². The quantitative estimate of drug-likeness (QED) is 0.684. The summed E-state index contributed by atoms with van der Waals surface area (Å²) in [6.07, 6.45) is 0.844. The molecule has 0 atom stereocenters. The zero-order valence-corrected chi connectivity index (χ0v) is 11.5. The molecule has 21 heavy (non-hydrogen) atoms. The molecule has 1 saturated heterocycles. The largest absolute Gasteiger partial charge is 0.453 e. The minimum absolute atomic E-state index is 0.0496. The average Bonchev–Trinajstić information content (AvgIpc) is 2.47. The van der Waals surface area contributed by atoms with Gasteiger partial charge in [-0.3, -0.25) is 10.1 Å². The van der Waals surface area contributed by atoms with E-state index < -0.39 is 16.4 Å². The molecule has 2 rings (SSSR count). The van der Waals surface area contributed by atoms with Crippen LogP contribution in [0.3, 0.4) is 0 Å². The first-order chi connectivity index (χ1) is 10.0. The lowest BCUT2D eigenvalue weighted by atomic mass is 10.0. The zero-order valence-electron chi connectivity index (χ0n) is 11.5. The van der Waals surface area contributed by atoms with E-state index in [2.05, 4.69) is 10.1 Å². The molecule has 8 heteroatoms. The van der Waals surface area contributed by atoms with E-state index >= 15 is 0 Å². The van der Waals surface area contributed by atoms with E-state index in [4.69, 9.17) is 0 Å². The summed E-state index contributed by atoms with van der Waals surface area (Å²) >= 11 is 0. The summed E-state index contributed by atoms with van der Waals surface area (Å²) in [5.74, 6) is -0.864. The van der Waals surface area contributed by atoms with Crippen LogP contribution in [0.4, 0.5) is 20.6 Å². The molecule has 1 aliphatic rings. The number of benzene rings is 1. The maximum absolute atomic E-state index is 13.5. The third-order valence-electron chi connectivity index (χ3n) is 3.46. The Balaban J connectivity index is 2.03. The topological polar surface area (TPSA) is 84.7 Å². The second-order valence-electron chi connectivity index (χ2n) is 4.77. The van der Waals surface area contributed by atoms with E-state index in [0.717, 1.165) is 6.07 Å². The number of likely N-dealkylation sites (tertiary alicyclic amines) is 1. The van der Waals surface area contributed by atoms with Crippen molar-refractivity contribution in [2.45, 2.75) is 18.9 Å². The molecule has 1 fully saturated rings. The van der Waals surface area contributed by atoms with Crippen molar-refractivity contribution >= 4 is 17.5 Å². The summed E-state index contributed by atoms with van der Waals surface area (Å²) in [5, 5.41) is 13.9. The number of hydrogen-bond donors (Lipinski definition) is 1. The van der Waals surface area contributed by atoms with Gasteiger partial charge in [-0.2, -0.15) is 4.39 Å². The number of anilines is 1. The lowest BCUT2D eigenvalue weighted by Crippen LogP contribution is -2.42. The number of carbonyl (C=O) groups excluding carboxylic acids is 1. The number of carbonyl (C=O) groups is 1. The van der Waals surface area contributed by atoms with Gasteiger partial charge in [-0.05, 0) is 25.0 Å². The number of halogens is 1. The van der Waals surface area contributed by atoms with Crippen LogP contribution >= 0.6 is 0 Å². The third kappa shape index (κ3) is 3.39. The maximum atomic E-state index is 13.5. The molecule has 0 aromatic heterocycles. The van der Waals surface area contributed by atoms with Crippen LogP contribution in [-0.4, -0.2) is 42.2 Å². The van der Waals surface area contributed by atoms with Crippen molar-refractivity contribution in [1.82, 2.24) is 4.90 Å². The minimum atomic E-state index is -0.864. The van der Waals surface area contributed by atoms with Crippen LogP contribution in [0.15, 0.2) is 18.2 Å². The van der Waals surface area contributed by atoms with Crippen molar-refractivity contribution in [3.63, 3.8) is 0 Å². The van der Waals surface area contributed by atoms with Gasteiger partial charge in [0.2, 0.25) is 5.82 Å². The molecule has 0 bridgehead atoms. The molecule has 1 N–H and O–H groups in total. The molecule has 0 saturated carbocycles. The molecule has 1 amide bonds. The van der Waals surface area contributed by atoms with E-state index in [1.165, 1.54) is 19.2 Å². The van der Waals surface area contributed by atoms with Crippen LogP contribution < -0.4 is 5.32 Å². The van der Waals surface area contributed by atoms with Crippen molar-refractivity contribution in [3.05, 3.63) is 34.1 Å². The molecule has 1 aliphatic heterocycles. The Morgan fingerprint density at radius 2 is 2.14 bits per heavy atom. The van der Waals surface area contributed by atoms with Gasteiger partial charge in [0.15, 0.2) is 0 Å². The molecule has 1 aromatic rings. The summed E-state index contributed by atoms with van der Waals surface area (Å²) < 4.78 is 18.2. The van der Waals surface area contributed by atoms with Crippen molar-refractivity contribution in [1.29, 1.82) is 0 Å². The summed E-state index contributed by atoms with van der Waals surface area (Å²) in [6, 6.07) is 3.91. The molecule has 0 aliphatic carbocycles. The summed E-state index contributed by atoms with van der Waals surface area (Å²) in [5.41, 5.74) is -0.385. The van der Waals surface area contributed by atoms with Crippen LogP contribution in [0.2, 0.25) is 0 Å². The highest BCUT2D eigenvalue weighted by molar-refractivity contribution is 5.67. The van der Waals surface area contributed by atoms with Crippen LogP contribution in [-0.2, 0) is 4.74 Å². The van der Waals surface area contributed by atoms with Gasteiger partial charge in [0.1, 0.15) is 5.69 Å². The molecule has 1 heterocycles. The molecule has 0 radical (unpaired) electrons. The second kappa shape index (κ2) is 6.38. The highest BCUT2D eigenvalue weighted by Gasteiger charge is 2.26. The molecule has 1 aromatic carbocycles. The van der Waals surface area contributed by atoms with Crippen molar-refractivity contribution in [3.8, 4) is 0 Å². The van der Waals surface area contributed by atoms with Gasteiger partial charge < -0.3 is 15.0 Å². The Bertz CT molecular complexity index is 544. The monoisotopic (exact) mass is 297 g/mol. The SMILES string of the molecule is COC(=O)N1CCC(Nc2cccc(F)c2[N+](=O)[O-])CC1. The van der Waals surface area contributed by atoms with E-state index in [1.807, 2.05) is 0 Å². The molecule has 0 unspecified atom stereocenters. The predicted octanol–water partition coefficient (Wildman–Crippen LogP) is 2.38. The first-order valence-electron chi connectivity index (χ1n) is 6.55. The van der Waals surface area contributed by atoms with Crippen LogP contribution in [0.25, 0.3) is 0 Å². The molecule has 0 spiro atoms. The molecule has 7 nitrogen and oxygen atoms in total. The number of piperidine rings is 1. The third-order valence-corrected chi connectivity index (χ3v) is 3.46. The first-order valence-corrected chi connectivity index (χ1v) is 6.55. The standard InChI is InChI=1S/C13H16FN3O4/c1-21-13(18)16-7-5-9(6-8-16)15-11-4-2-3-10(14)12(11)17(19)20/h2-4,9,15H,5-8H2,1H3. The predicted molar refractivity (Wildman–Crippen MR) is 73.7 cm³/mol. The highest BCUT2D eigenvalue weighted by Crippen LogP contribution is 2.29. The summed E-state index contributed by atoms with van der Waals surface area (Å²) in [7, 11) is 1.32. The fourth-order valence-corrected chi connectivity index (χ4v) is 2.37. The maximum Gasteiger partial charge on any atom is 0.409 e. The minimum Gasteiger partial charge on any atom is -0.453 e. The van der Waals surface area contributed by atoms with Gasteiger partial charge in [-0.15, -0.1) is 0 Å². The Morgan fingerprint density at radius 3 is 2.71 bits per heavy atom. The number of nitro benzene ring substituents is 1. The fraction of sp³-hybridized carbons (Fsp3) is 0.462. The number of nitrogens with one attached hydrogen (secondary N) is 1. The number of amides is 1. The van der Waals surface area contributed by atoms with Gasteiger partial charge in [-0.25, -0.2) is 4.79 Å². The lowest BCUT2D eigenvalue weighted by molar-refractivity contribution is -0.386. The first kappa shape index (κ1) is 15.0. The van der Waals surface area contributed by atoms with Crippen LogP contribution in [0, 0.1) is 15.9 Å². The second-order valence-corrected chi connectivity index (χ2v) is 4.77. The van der Waals surface area contributed by atoms with E-state index in [0.29, 0.717) is 25.9 Å². The van der Waals surface area contributed by atoms with Crippen molar-refractivity contribution in [2.24, 2.45) is 0 Å². The van der Waals surface area contributed by atoms with Crippen LogP contribution in [0.1, 0.15) is 12.8 Å². The zero-order chi connectivity index (χ0) is 15.4. The highest BCUT2D eigenvalue weighted by atomic mass is 19.1. The molecular weight excluding hydrogens is 281 g/mol. The van der Waals surface area contributed by atoms with Crippen LogP contribution in [0.5, 0.6) is 0 Å². The number of methoxy groups -OCH3 is 1. The number of para-hydroxylation sites is 1. The number of rotatable bonds is 3. The lowest BCUT2D eigenvalue weighted by Gasteiger charge is -2.31. The van der Waals surface area contributed by atoms with E-state index in [-0.39, 0.29) is 17.8 Å². The van der Waals surface area contributed by atoms with Gasteiger partial charge in [0, 0.05) is 19.1 Å². The van der Waals surface area contributed by atoms with Gasteiger partial charge in [0.25, 0.3) is 0 Å². The summed E-state index contributed by atoms with van der Waals surface area (Å²) in [4.78, 5) is 23.1. The molecular formula is C13H16FN3O4. The Morgan fingerprint density at radius 1 is 1.48 bits per heavy atom. The normalized spacial score (nSPS) is 15.6. The van der Waals surface area contributed by atoms with Gasteiger partial charge >= 0.3 is 11.8 Å². The Hall–Kier alpha value is -2.38. The number of ether oxygens (including phenoxy) is 1. The number of hydrogen-bond acceptors (Lipinski definition) is 5. The molecule has 114 valence electrons. The number of nitro groups is 1. The fourth-order valence-electron chi connectivity index (χ4n) is 2.37.